The number of hydrogen-bond donors (Lipinski definition) is 1. The van der Waals surface area contributed by atoms with Crippen LogP contribution < -0.4 is 4.90 Å². The van der Waals surface area contributed by atoms with Gasteiger partial charge in [-0.2, -0.15) is 0 Å². The highest BCUT2D eigenvalue weighted by Gasteiger charge is 2.25. The summed E-state index contributed by atoms with van der Waals surface area (Å²) in [4.78, 5) is 22.5. The Labute approximate surface area is 104 Å². The van der Waals surface area contributed by atoms with Gasteiger partial charge in [0, 0.05) is 26.2 Å². The number of hydrogen-bond acceptors (Lipinski definition) is 5. The third-order valence-corrected chi connectivity index (χ3v) is 3.11. The molecular weight excluding hydrogens is 239 g/mol. The molecule has 98 valence electrons. The Kier molecular flexibility index (Phi) is 3.71. The van der Waals surface area contributed by atoms with Crippen LogP contribution in [-0.2, 0) is 4.79 Å². The first-order chi connectivity index (χ1) is 8.58. The summed E-state index contributed by atoms with van der Waals surface area (Å²) in [6, 6.07) is -0.485. The molecule has 1 aromatic heterocycles. The van der Waals surface area contributed by atoms with Crippen LogP contribution in [0.5, 0.6) is 0 Å². The predicted octanol–water partition coefficient (Wildman–Crippen LogP) is 0.211. The molecule has 1 aliphatic heterocycles. The molecule has 1 saturated heterocycles. The van der Waals surface area contributed by atoms with Gasteiger partial charge in [-0.05, 0) is 6.92 Å². The van der Waals surface area contributed by atoms with Crippen LogP contribution in [0, 0.1) is 5.82 Å². The number of carboxylic acids is 1. The van der Waals surface area contributed by atoms with Crippen molar-refractivity contribution < 1.29 is 14.3 Å². The van der Waals surface area contributed by atoms with Crippen molar-refractivity contribution in [3.63, 3.8) is 0 Å². The summed E-state index contributed by atoms with van der Waals surface area (Å²) in [5.41, 5.74) is 0. The van der Waals surface area contributed by atoms with Crippen LogP contribution >= 0.6 is 0 Å². The molecule has 1 fully saturated rings. The molecule has 2 rings (SSSR count). The quantitative estimate of drug-likeness (QED) is 0.831. The molecule has 18 heavy (non-hydrogen) atoms. The Balaban J connectivity index is 1.94. The van der Waals surface area contributed by atoms with Gasteiger partial charge in [0.2, 0.25) is 5.95 Å². The average Bonchev–Trinajstić information content (AvgIpc) is 2.39. The Bertz CT molecular complexity index is 418. The number of anilines is 1. The summed E-state index contributed by atoms with van der Waals surface area (Å²) < 4.78 is 12.7. The number of halogens is 1. The van der Waals surface area contributed by atoms with Crippen LogP contribution in [0.4, 0.5) is 10.3 Å². The van der Waals surface area contributed by atoms with Crippen molar-refractivity contribution in [2.24, 2.45) is 0 Å². The normalized spacial score (nSPS) is 18.7. The summed E-state index contributed by atoms with van der Waals surface area (Å²) in [7, 11) is 0. The van der Waals surface area contributed by atoms with Crippen molar-refractivity contribution in [2.45, 2.75) is 13.0 Å². The lowest BCUT2D eigenvalue weighted by molar-refractivity contribution is -0.142. The molecule has 1 aromatic rings. The SMILES string of the molecule is CC(C(=O)O)N1CCN(c2ncc(F)cn2)CC1. The largest absolute Gasteiger partial charge is 0.480 e. The molecule has 0 bridgehead atoms. The van der Waals surface area contributed by atoms with Crippen LogP contribution in [0.2, 0.25) is 0 Å². The van der Waals surface area contributed by atoms with Crippen molar-refractivity contribution in [2.75, 3.05) is 31.1 Å². The Hall–Kier alpha value is -1.76. The van der Waals surface area contributed by atoms with Crippen molar-refractivity contribution in [1.29, 1.82) is 0 Å². The van der Waals surface area contributed by atoms with E-state index in [1.54, 1.807) is 6.92 Å². The van der Waals surface area contributed by atoms with E-state index in [1.807, 2.05) is 9.80 Å². The van der Waals surface area contributed by atoms with Gasteiger partial charge in [0.05, 0.1) is 12.4 Å². The molecule has 1 N–H and O–H groups in total. The van der Waals surface area contributed by atoms with Crippen molar-refractivity contribution in [3.05, 3.63) is 18.2 Å². The Morgan fingerprint density at radius 1 is 1.33 bits per heavy atom. The van der Waals surface area contributed by atoms with Crippen LogP contribution in [0.3, 0.4) is 0 Å². The fourth-order valence-corrected chi connectivity index (χ4v) is 1.93. The zero-order valence-electron chi connectivity index (χ0n) is 10.1. The monoisotopic (exact) mass is 254 g/mol. The second kappa shape index (κ2) is 5.26. The second-order valence-corrected chi connectivity index (χ2v) is 4.24. The van der Waals surface area contributed by atoms with Crippen molar-refractivity contribution in [1.82, 2.24) is 14.9 Å². The van der Waals surface area contributed by atoms with Crippen LogP contribution in [0.25, 0.3) is 0 Å². The molecule has 0 aromatic carbocycles. The maximum atomic E-state index is 12.7. The van der Waals surface area contributed by atoms with Gasteiger partial charge in [-0.3, -0.25) is 9.69 Å². The number of rotatable bonds is 3. The number of piperazine rings is 1. The third kappa shape index (κ3) is 2.73. The first-order valence-corrected chi connectivity index (χ1v) is 5.77. The average molecular weight is 254 g/mol. The van der Waals surface area contributed by atoms with Gasteiger partial charge < -0.3 is 10.0 Å². The highest BCUT2D eigenvalue weighted by Crippen LogP contribution is 2.12. The maximum absolute atomic E-state index is 12.7. The second-order valence-electron chi connectivity index (χ2n) is 4.24. The van der Waals surface area contributed by atoms with E-state index in [-0.39, 0.29) is 0 Å². The van der Waals surface area contributed by atoms with Gasteiger partial charge in [0.25, 0.3) is 0 Å². The molecular formula is C11H15FN4O2. The molecule has 1 atom stereocenters. The van der Waals surface area contributed by atoms with Gasteiger partial charge in [-0.25, -0.2) is 14.4 Å². The summed E-state index contributed by atoms with van der Waals surface area (Å²) in [6.45, 7) is 4.22. The minimum atomic E-state index is -0.818. The molecule has 0 saturated carbocycles. The molecule has 1 unspecified atom stereocenters. The fourth-order valence-electron chi connectivity index (χ4n) is 1.93. The Morgan fingerprint density at radius 2 is 1.89 bits per heavy atom. The lowest BCUT2D eigenvalue weighted by atomic mass is 10.2. The molecule has 0 amide bonds. The Morgan fingerprint density at radius 3 is 2.39 bits per heavy atom. The standard InChI is InChI=1S/C11H15FN4O2/c1-8(10(17)18)15-2-4-16(5-3-15)11-13-6-9(12)7-14-11/h6-8H,2-5H2,1H3,(H,17,18). The van der Waals surface area contributed by atoms with E-state index in [0.29, 0.717) is 32.1 Å². The minimum Gasteiger partial charge on any atom is -0.480 e. The van der Waals surface area contributed by atoms with Gasteiger partial charge in [0.1, 0.15) is 6.04 Å². The summed E-state index contributed by atoms with van der Waals surface area (Å²) in [6.07, 6.45) is 2.27. The summed E-state index contributed by atoms with van der Waals surface area (Å²) in [5.74, 6) is -0.794. The number of aliphatic carboxylic acids is 1. The van der Waals surface area contributed by atoms with E-state index < -0.39 is 17.8 Å². The summed E-state index contributed by atoms with van der Waals surface area (Å²) >= 11 is 0. The van der Waals surface area contributed by atoms with Crippen LogP contribution in [0.15, 0.2) is 12.4 Å². The lowest BCUT2D eigenvalue weighted by Gasteiger charge is -2.36. The van der Waals surface area contributed by atoms with Crippen molar-refractivity contribution in [3.8, 4) is 0 Å². The van der Waals surface area contributed by atoms with Crippen LogP contribution in [0.1, 0.15) is 6.92 Å². The topological polar surface area (TPSA) is 69.6 Å². The van der Waals surface area contributed by atoms with E-state index in [2.05, 4.69) is 9.97 Å². The van der Waals surface area contributed by atoms with E-state index in [1.165, 1.54) is 0 Å². The zero-order valence-corrected chi connectivity index (χ0v) is 10.1. The first kappa shape index (κ1) is 12.7. The number of nitrogens with zero attached hydrogens (tertiary/aromatic N) is 4. The fraction of sp³-hybridized carbons (Fsp3) is 0.545. The zero-order chi connectivity index (χ0) is 13.1. The summed E-state index contributed by atoms with van der Waals surface area (Å²) in [5, 5.41) is 8.93. The molecule has 7 heteroatoms. The smallest absolute Gasteiger partial charge is 0.320 e. The molecule has 6 nitrogen and oxygen atoms in total. The number of carbonyl (C=O) groups is 1. The van der Waals surface area contributed by atoms with E-state index >= 15 is 0 Å². The van der Waals surface area contributed by atoms with Gasteiger partial charge >= 0.3 is 5.97 Å². The van der Waals surface area contributed by atoms with Gasteiger partial charge in [0.15, 0.2) is 5.82 Å². The van der Waals surface area contributed by atoms with Gasteiger partial charge in [-0.1, -0.05) is 0 Å². The molecule has 0 radical (unpaired) electrons. The molecule has 0 aliphatic carbocycles. The van der Waals surface area contributed by atoms with E-state index in [9.17, 15) is 9.18 Å². The molecule has 2 heterocycles. The number of aromatic nitrogens is 2. The highest BCUT2D eigenvalue weighted by atomic mass is 19.1. The predicted molar refractivity (Wildman–Crippen MR) is 62.9 cm³/mol. The van der Waals surface area contributed by atoms with Crippen LogP contribution in [-0.4, -0.2) is 58.2 Å². The molecule has 0 spiro atoms. The highest BCUT2D eigenvalue weighted by molar-refractivity contribution is 5.72. The van der Waals surface area contributed by atoms with E-state index in [0.717, 1.165) is 12.4 Å². The maximum Gasteiger partial charge on any atom is 0.320 e. The number of carboxylic acid groups (broad SMARTS) is 1. The lowest BCUT2D eigenvalue weighted by Crippen LogP contribution is -2.52. The van der Waals surface area contributed by atoms with Crippen molar-refractivity contribution >= 4 is 11.9 Å². The van der Waals surface area contributed by atoms with Gasteiger partial charge in [-0.15, -0.1) is 0 Å². The van der Waals surface area contributed by atoms with E-state index in [4.69, 9.17) is 5.11 Å². The minimum absolute atomic E-state index is 0.461. The first-order valence-electron chi connectivity index (χ1n) is 5.77. The molecule has 1 aliphatic rings. The third-order valence-electron chi connectivity index (χ3n) is 3.11.